The van der Waals surface area contributed by atoms with Crippen LogP contribution in [0.5, 0.6) is 0 Å². The van der Waals surface area contributed by atoms with E-state index in [1.54, 1.807) is 11.8 Å². The lowest BCUT2D eigenvalue weighted by Gasteiger charge is -2.34. The van der Waals surface area contributed by atoms with Crippen molar-refractivity contribution in [1.29, 1.82) is 0 Å². The molecule has 1 aromatic carbocycles. The van der Waals surface area contributed by atoms with Crippen LogP contribution in [0.4, 0.5) is 0 Å². The van der Waals surface area contributed by atoms with Gasteiger partial charge in [-0.1, -0.05) is 42.8 Å². The second kappa shape index (κ2) is 12.2. The smallest absolute Gasteiger partial charge is 0.226 e. The van der Waals surface area contributed by atoms with E-state index in [0.717, 1.165) is 75.0 Å². The Hall–Kier alpha value is -1.90. The van der Waals surface area contributed by atoms with Crippen molar-refractivity contribution in [2.45, 2.75) is 44.1 Å². The number of thioether (sulfide) groups is 1. The maximum Gasteiger partial charge on any atom is 0.226 e. The number of piperazine rings is 1. The molecule has 34 heavy (non-hydrogen) atoms. The Balaban J connectivity index is 1.22. The SMILES string of the molecule is CCN1CCN(CCNC(O)C2C=CC(c3nc(CSc4ccc(C)cc4)c(C)o3)=CC2)CC1. The summed E-state index contributed by atoms with van der Waals surface area (Å²) in [5, 5.41) is 13.9. The number of hydrogen-bond acceptors (Lipinski definition) is 7. The number of nitrogens with zero attached hydrogens (tertiary/aromatic N) is 3. The summed E-state index contributed by atoms with van der Waals surface area (Å²) in [6, 6.07) is 8.56. The first-order valence-electron chi connectivity index (χ1n) is 12.4. The molecule has 0 bridgehead atoms. The van der Waals surface area contributed by atoms with Gasteiger partial charge in [0.15, 0.2) is 0 Å². The number of aliphatic hydroxyl groups is 1. The Bertz CT molecular complexity index is 977. The van der Waals surface area contributed by atoms with E-state index in [9.17, 15) is 5.11 Å². The molecule has 1 saturated heterocycles. The topological polar surface area (TPSA) is 64.8 Å². The molecule has 0 radical (unpaired) electrons. The third kappa shape index (κ3) is 6.83. The molecule has 1 fully saturated rings. The van der Waals surface area contributed by atoms with Gasteiger partial charge in [-0.25, -0.2) is 4.98 Å². The van der Waals surface area contributed by atoms with Gasteiger partial charge in [-0.2, -0.15) is 0 Å². The van der Waals surface area contributed by atoms with Gasteiger partial charge in [0.1, 0.15) is 12.0 Å². The molecule has 2 aliphatic rings. The lowest BCUT2D eigenvalue weighted by molar-refractivity contribution is 0.0851. The fourth-order valence-corrected chi connectivity index (χ4v) is 5.25. The normalized spacial score (nSPS) is 20.5. The van der Waals surface area contributed by atoms with Crippen molar-refractivity contribution in [2.24, 2.45) is 5.92 Å². The Labute approximate surface area is 208 Å². The van der Waals surface area contributed by atoms with E-state index in [2.05, 4.69) is 65.4 Å². The molecule has 2 heterocycles. The van der Waals surface area contributed by atoms with Crippen molar-refractivity contribution >= 4 is 17.3 Å². The van der Waals surface area contributed by atoms with E-state index in [4.69, 9.17) is 9.40 Å². The standard InChI is InChI=1S/C27H38N4O2S/c1-4-30-15-17-31(18-16-30)14-13-28-26(32)22-7-9-23(10-8-22)27-29-25(21(3)33-27)19-34-24-11-5-20(2)6-12-24/h5-7,9-12,22,26,28,32H,4,8,13-19H2,1-3H3. The van der Waals surface area contributed by atoms with Crippen molar-refractivity contribution in [3.8, 4) is 0 Å². The van der Waals surface area contributed by atoms with Crippen molar-refractivity contribution in [3.05, 3.63) is 65.4 Å². The van der Waals surface area contributed by atoms with Crippen molar-refractivity contribution < 1.29 is 9.52 Å². The van der Waals surface area contributed by atoms with Crippen LogP contribution < -0.4 is 5.32 Å². The van der Waals surface area contributed by atoms with Crippen LogP contribution >= 0.6 is 11.8 Å². The quantitative estimate of drug-likeness (QED) is 0.391. The number of nitrogens with one attached hydrogen (secondary N) is 1. The Morgan fingerprint density at radius 1 is 1.15 bits per heavy atom. The van der Waals surface area contributed by atoms with Crippen LogP contribution in [0.3, 0.4) is 0 Å². The molecule has 1 aliphatic heterocycles. The second-order valence-corrected chi connectivity index (χ2v) is 10.3. The van der Waals surface area contributed by atoms with Gasteiger partial charge < -0.3 is 14.4 Å². The van der Waals surface area contributed by atoms with E-state index in [1.807, 2.05) is 13.0 Å². The van der Waals surface area contributed by atoms with Crippen LogP contribution in [0.2, 0.25) is 0 Å². The molecule has 2 N–H and O–H groups in total. The van der Waals surface area contributed by atoms with Gasteiger partial charge in [0.2, 0.25) is 5.89 Å². The summed E-state index contributed by atoms with van der Waals surface area (Å²) in [4.78, 5) is 10.9. The van der Waals surface area contributed by atoms with Gasteiger partial charge in [-0.05, 0) is 38.9 Å². The number of oxazole rings is 1. The third-order valence-electron chi connectivity index (χ3n) is 6.77. The molecule has 7 heteroatoms. The number of aliphatic hydroxyl groups excluding tert-OH is 1. The fourth-order valence-electron chi connectivity index (χ4n) is 4.35. The molecule has 0 saturated carbocycles. The van der Waals surface area contributed by atoms with Crippen molar-refractivity contribution in [2.75, 3.05) is 45.8 Å². The highest BCUT2D eigenvalue weighted by molar-refractivity contribution is 7.98. The van der Waals surface area contributed by atoms with Crippen LogP contribution in [-0.2, 0) is 5.75 Å². The van der Waals surface area contributed by atoms with Crippen LogP contribution in [-0.4, -0.2) is 71.9 Å². The maximum atomic E-state index is 10.6. The number of benzene rings is 1. The van der Waals surface area contributed by atoms with Gasteiger partial charge in [0.25, 0.3) is 0 Å². The molecule has 6 nitrogen and oxygen atoms in total. The predicted molar refractivity (Wildman–Crippen MR) is 140 cm³/mol. The molecule has 0 spiro atoms. The summed E-state index contributed by atoms with van der Waals surface area (Å²) in [5.41, 5.74) is 3.25. The number of hydrogen-bond donors (Lipinski definition) is 2. The van der Waals surface area contributed by atoms with Crippen LogP contribution in [0, 0.1) is 19.8 Å². The van der Waals surface area contributed by atoms with Crippen LogP contribution in [0.15, 0.2) is 51.8 Å². The zero-order valence-electron chi connectivity index (χ0n) is 20.7. The second-order valence-electron chi connectivity index (χ2n) is 9.22. The molecule has 2 unspecified atom stereocenters. The van der Waals surface area contributed by atoms with Gasteiger partial charge in [0, 0.05) is 61.4 Å². The maximum absolute atomic E-state index is 10.6. The molecule has 184 valence electrons. The molecule has 2 atom stereocenters. The Kier molecular flexibility index (Phi) is 9.03. The van der Waals surface area contributed by atoms with Gasteiger partial charge in [-0.15, -0.1) is 11.8 Å². The molecule has 4 rings (SSSR count). The van der Waals surface area contributed by atoms with E-state index in [1.165, 1.54) is 10.5 Å². The van der Waals surface area contributed by atoms with Crippen LogP contribution in [0.25, 0.3) is 5.57 Å². The third-order valence-corrected chi connectivity index (χ3v) is 7.79. The number of likely N-dealkylation sites (N-methyl/N-ethyl adjacent to an activating group) is 1. The van der Waals surface area contributed by atoms with Crippen LogP contribution in [0.1, 0.15) is 36.3 Å². The molecule has 1 aromatic heterocycles. The van der Waals surface area contributed by atoms with Gasteiger partial charge >= 0.3 is 0 Å². The fraction of sp³-hybridized carbons (Fsp3) is 0.519. The lowest BCUT2D eigenvalue weighted by Crippen LogP contribution is -2.49. The zero-order chi connectivity index (χ0) is 23.9. The molecule has 2 aromatic rings. The number of aryl methyl sites for hydroxylation is 2. The summed E-state index contributed by atoms with van der Waals surface area (Å²) >= 11 is 1.77. The summed E-state index contributed by atoms with van der Waals surface area (Å²) in [7, 11) is 0. The van der Waals surface area contributed by atoms with Gasteiger partial charge in [0.05, 0.1) is 5.69 Å². The molecule has 1 aliphatic carbocycles. The first-order chi connectivity index (χ1) is 16.5. The Morgan fingerprint density at radius 3 is 2.56 bits per heavy atom. The minimum absolute atomic E-state index is 0.0633. The first kappa shape index (κ1) is 25.2. The van der Waals surface area contributed by atoms with E-state index in [0.29, 0.717) is 5.89 Å². The van der Waals surface area contributed by atoms with Crippen molar-refractivity contribution in [1.82, 2.24) is 20.1 Å². The van der Waals surface area contributed by atoms with E-state index >= 15 is 0 Å². The Morgan fingerprint density at radius 2 is 1.88 bits per heavy atom. The highest BCUT2D eigenvalue weighted by Gasteiger charge is 2.21. The number of allylic oxidation sites excluding steroid dienone is 3. The minimum atomic E-state index is -0.543. The first-order valence-corrected chi connectivity index (χ1v) is 13.4. The van der Waals surface area contributed by atoms with Crippen molar-refractivity contribution in [3.63, 3.8) is 0 Å². The monoisotopic (exact) mass is 482 g/mol. The summed E-state index contributed by atoms with van der Waals surface area (Å²) in [6.45, 7) is 13.7. The van der Waals surface area contributed by atoms with E-state index < -0.39 is 6.23 Å². The largest absolute Gasteiger partial charge is 0.441 e. The molecule has 0 amide bonds. The number of aromatic nitrogens is 1. The highest BCUT2D eigenvalue weighted by atomic mass is 32.2. The number of rotatable bonds is 10. The summed E-state index contributed by atoms with van der Waals surface area (Å²) in [5.74, 6) is 2.38. The average molecular weight is 483 g/mol. The van der Waals surface area contributed by atoms with Gasteiger partial charge in [-0.3, -0.25) is 10.2 Å². The van der Waals surface area contributed by atoms with E-state index in [-0.39, 0.29) is 5.92 Å². The summed E-state index contributed by atoms with van der Waals surface area (Å²) in [6.07, 6.45) is 6.46. The molecular weight excluding hydrogens is 444 g/mol. The summed E-state index contributed by atoms with van der Waals surface area (Å²) < 4.78 is 5.97. The zero-order valence-corrected chi connectivity index (χ0v) is 21.5. The highest BCUT2D eigenvalue weighted by Crippen LogP contribution is 2.29. The molecular formula is C27H38N4O2S. The predicted octanol–water partition coefficient (Wildman–Crippen LogP) is 4.09. The lowest BCUT2D eigenvalue weighted by atomic mass is 9.95. The minimum Gasteiger partial charge on any atom is -0.441 e. The average Bonchev–Trinajstić information content (AvgIpc) is 3.24.